The summed E-state index contributed by atoms with van der Waals surface area (Å²) < 4.78 is 26.8. The van der Waals surface area contributed by atoms with E-state index < -0.39 is 5.82 Å². The molecule has 1 unspecified atom stereocenters. The molecule has 1 atom stereocenters. The van der Waals surface area contributed by atoms with Gasteiger partial charge in [0.1, 0.15) is 11.6 Å². The minimum atomic E-state index is -0.483. The fraction of sp³-hybridized carbons (Fsp3) is 0.188. The van der Waals surface area contributed by atoms with Crippen LogP contribution in [-0.4, -0.2) is 17.9 Å². The number of carbonyl (C=O) groups is 1. The second-order valence-electron chi connectivity index (χ2n) is 4.77. The Morgan fingerprint density at radius 1 is 1.14 bits per heavy atom. The highest BCUT2D eigenvalue weighted by atomic mass is 79.9. The summed E-state index contributed by atoms with van der Waals surface area (Å²) in [5, 5.41) is 0. The third-order valence-electron chi connectivity index (χ3n) is 3.42. The summed E-state index contributed by atoms with van der Waals surface area (Å²) in [5.74, 6) is -1.10. The number of nitrogens with zero attached hydrogens (tertiary/aromatic N) is 1. The maximum atomic E-state index is 13.5. The molecule has 2 aromatic rings. The highest BCUT2D eigenvalue weighted by Crippen LogP contribution is 2.23. The van der Waals surface area contributed by atoms with E-state index in [4.69, 9.17) is 0 Å². The number of rotatable bonds is 3. The van der Waals surface area contributed by atoms with Crippen LogP contribution in [0.2, 0.25) is 0 Å². The number of benzene rings is 2. The Bertz CT molecular complexity index is 658. The van der Waals surface area contributed by atoms with Crippen molar-refractivity contribution in [3.63, 3.8) is 0 Å². The van der Waals surface area contributed by atoms with Gasteiger partial charge in [-0.15, -0.1) is 0 Å². The molecule has 0 N–H and O–H groups in total. The average molecular weight is 354 g/mol. The summed E-state index contributed by atoms with van der Waals surface area (Å²) in [4.78, 5) is 13.9. The molecule has 0 aliphatic carbocycles. The molecule has 0 saturated carbocycles. The van der Waals surface area contributed by atoms with Crippen molar-refractivity contribution < 1.29 is 13.6 Å². The molecule has 21 heavy (non-hydrogen) atoms. The molecule has 2 rings (SSSR count). The van der Waals surface area contributed by atoms with Crippen LogP contribution in [-0.2, 0) is 0 Å². The molecule has 2 aromatic carbocycles. The van der Waals surface area contributed by atoms with Gasteiger partial charge in [0, 0.05) is 12.6 Å². The number of halogens is 3. The van der Waals surface area contributed by atoms with Gasteiger partial charge in [-0.1, -0.05) is 12.1 Å². The molecule has 0 fully saturated rings. The minimum absolute atomic E-state index is 0.246. The SMILES string of the molecule is CC(c1ccc(F)cc1)N(C)C(=O)c1ccc(Br)c(F)c1. The highest BCUT2D eigenvalue weighted by Gasteiger charge is 2.19. The first-order valence-electron chi connectivity index (χ1n) is 6.38. The monoisotopic (exact) mass is 353 g/mol. The van der Waals surface area contributed by atoms with E-state index in [2.05, 4.69) is 15.9 Å². The van der Waals surface area contributed by atoms with Gasteiger partial charge in [0.2, 0.25) is 0 Å². The van der Waals surface area contributed by atoms with Crippen LogP contribution < -0.4 is 0 Å². The molecule has 2 nitrogen and oxygen atoms in total. The van der Waals surface area contributed by atoms with E-state index in [0.29, 0.717) is 4.47 Å². The van der Waals surface area contributed by atoms with Gasteiger partial charge in [0.15, 0.2) is 0 Å². The van der Waals surface area contributed by atoms with Gasteiger partial charge in [0.05, 0.1) is 10.5 Å². The standard InChI is InChI=1S/C16H14BrF2NO/c1-10(11-3-6-13(18)7-4-11)20(2)16(21)12-5-8-14(17)15(19)9-12/h3-10H,1-2H3. The van der Waals surface area contributed by atoms with E-state index in [1.54, 1.807) is 25.2 Å². The van der Waals surface area contributed by atoms with Gasteiger partial charge >= 0.3 is 0 Å². The van der Waals surface area contributed by atoms with Crippen molar-refractivity contribution in [1.29, 1.82) is 0 Å². The lowest BCUT2D eigenvalue weighted by Gasteiger charge is -2.25. The van der Waals surface area contributed by atoms with Crippen molar-refractivity contribution in [2.45, 2.75) is 13.0 Å². The fourth-order valence-corrected chi connectivity index (χ4v) is 2.22. The van der Waals surface area contributed by atoms with Gasteiger partial charge in [-0.05, 0) is 58.7 Å². The fourth-order valence-electron chi connectivity index (χ4n) is 1.97. The maximum absolute atomic E-state index is 13.5. The van der Waals surface area contributed by atoms with Crippen molar-refractivity contribution in [2.75, 3.05) is 7.05 Å². The molecule has 0 aliphatic rings. The molecule has 1 amide bonds. The molecule has 0 bridgehead atoms. The summed E-state index contributed by atoms with van der Waals surface area (Å²) in [6, 6.07) is 9.97. The molecular weight excluding hydrogens is 340 g/mol. The van der Waals surface area contributed by atoms with Crippen molar-refractivity contribution in [2.24, 2.45) is 0 Å². The zero-order valence-corrected chi connectivity index (χ0v) is 13.2. The summed E-state index contributed by atoms with van der Waals surface area (Å²) >= 11 is 3.05. The predicted octanol–water partition coefficient (Wildman–Crippen LogP) is 4.56. The molecule has 110 valence electrons. The van der Waals surface area contributed by atoms with Crippen molar-refractivity contribution in [3.8, 4) is 0 Å². The van der Waals surface area contributed by atoms with Crippen LogP contribution in [0.15, 0.2) is 46.9 Å². The first-order valence-corrected chi connectivity index (χ1v) is 7.17. The quantitative estimate of drug-likeness (QED) is 0.791. The Labute approximate surface area is 130 Å². The van der Waals surface area contributed by atoms with Crippen LogP contribution in [0, 0.1) is 11.6 Å². The smallest absolute Gasteiger partial charge is 0.254 e. The van der Waals surface area contributed by atoms with Crippen LogP contribution >= 0.6 is 15.9 Å². The Kier molecular flexibility index (Phi) is 4.73. The van der Waals surface area contributed by atoms with E-state index in [0.717, 1.165) is 5.56 Å². The summed E-state index contributed by atoms with van der Waals surface area (Å²) in [6.07, 6.45) is 0. The molecule has 0 radical (unpaired) electrons. The van der Waals surface area contributed by atoms with E-state index in [9.17, 15) is 13.6 Å². The van der Waals surface area contributed by atoms with Gasteiger partial charge in [-0.25, -0.2) is 8.78 Å². The van der Waals surface area contributed by atoms with Crippen LogP contribution in [0.4, 0.5) is 8.78 Å². The Morgan fingerprint density at radius 3 is 2.33 bits per heavy atom. The zero-order valence-electron chi connectivity index (χ0n) is 11.6. The number of hydrogen-bond acceptors (Lipinski definition) is 1. The second kappa shape index (κ2) is 6.35. The Balaban J connectivity index is 2.21. The first-order chi connectivity index (χ1) is 9.90. The molecule has 0 aliphatic heterocycles. The van der Waals surface area contributed by atoms with Crippen molar-refractivity contribution >= 4 is 21.8 Å². The second-order valence-corrected chi connectivity index (χ2v) is 5.63. The number of carbonyl (C=O) groups excluding carboxylic acids is 1. The topological polar surface area (TPSA) is 20.3 Å². The van der Waals surface area contributed by atoms with E-state index in [1.165, 1.54) is 29.2 Å². The number of amides is 1. The average Bonchev–Trinajstić information content (AvgIpc) is 2.48. The van der Waals surface area contributed by atoms with E-state index in [-0.39, 0.29) is 23.3 Å². The Morgan fingerprint density at radius 2 is 1.76 bits per heavy atom. The van der Waals surface area contributed by atoms with Crippen LogP contribution in [0.3, 0.4) is 0 Å². The highest BCUT2D eigenvalue weighted by molar-refractivity contribution is 9.10. The van der Waals surface area contributed by atoms with E-state index >= 15 is 0 Å². The third-order valence-corrected chi connectivity index (χ3v) is 4.06. The van der Waals surface area contributed by atoms with Crippen molar-refractivity contribution in [3.05, 3.63) is 69.7 Å². The summed E-state index contributed by atoms with van der Waals surface area (Å²) in [6.45, 7) is 1.83. The summed E-state index contributed by atoms with van der Waals surface area (Å²) in [7, 11) is 1.64. The molecule has 0 aromatic heterocycles. The summed E-state index contributed by atoms with van der Waals surface area (Å²) in [5.41, 5.74) is 1.08. The Hall–Kier alpha value is -1.75. The third kappa shape index (κ3) is 3.47. The lowest BCUT2D eigenvalue weighted by Crippen LogP contribution is -2.29. The van der Waals surface area contributed by atoms with Crippen LogP contribution in [0.25, 0.3) is 0 Å². The van der Waals surface area contributed by atoms with Crippen molar-refractivity contribution in [1.82, 2.24) is 4.90 Å². The van der Waals surface area contributed by atoms with Crippen LogP contribution in [0.1, 0.15) is 28.9 Å². The van der Waals surface area contributed by atoms with Gasteiger partial charge in [-0.3, -0.25) is 4.79 Å². The largest absolute Gasteiger partial charge is 0.335 e. The van der Waals surface area contributed by atoms with Gasteiger partial charge < -0.3 is 4.90 Å². The lowest BCUT2D eigenvalue weighted by molar-refractivity contribution is 0.0742. The molecular formula is C16H14BrF2NO. The first kappa shape index (κ1) is 15.6. The zero-order chi connectivity index (χ0) is 15.6. The predicted molar refractivity (Wildman–Crippen MR) is 81.0 cm³/mol. The molecule has 5 heteroatoms. The molecule has 0 saturated heterocycles. The maximum Gasteiger partial charge on any atom is 0.254 e. The lowest BCUT2D eigenvalue weighted by atomic mass is 10.1. The van der Waals surface area contributed by atoms with Gasteiger partial charge in [0.25, 0.3) is 5.91 Å². The normalized spacial score (nSPS) is 12.0. The van der Waals surface area contributed by atoms with Gasteiger partial charge in [-0.2, -0.15) is 0 Å². The minimum Gasteiger partial charge on any atom is -0.335 e. The molecule has 0 spiro atoms. The van der Waals surface area contributed by atoms with E-state index in [1.807, 2.05) is 6.92 Å². The molecule has 0 heterocycles. The van der Waals surface area contributed by atoms with Crippen LogP contribution in [0.5, 0.6) is 0 Å². The number of hydrogen-bond donors (Lipinski definition) is 0.